The molecule has 0 radical (unpaired) electrons. The van der Waals surface area contributed by atoms with Gasteiger partial charge in [0.1, 0.15) is 0 Å². The maximum atomic E-state index is 8.43. The first-order valence-corrected chi connectivity index (χ1v) is 2.60. The van der Waals surface area contributed by atoms with Gasteiger partial charge in [-0.25, -0.2) is 0 Å². The van der Waals surface area contributed by atoms with E-state index in [1.54, 1.807) is 0 Å². The lowest BCUT2D eigenvalue weighted by Crippen LogP contribution is -2.15. The number of rotatable bonds is 3. The zero-order chi connectivity index (χ0) is 6.57. The average Bonchev–Trinajstić information content (AvgIpc) is 1.65. The molecule has 0 saturated heterocycles. The van der Waals surface area contributed by atoms with Gasteiger partial charge in [0.2, 0.25) is 0 Å². The molecule has 0 amide bonds. The molecule has 0 heterocycles. The van der Waals surface area contributed by atoms with Gasteiger partial charge in [-0.2, -0.15) is 0 Å². The molecule has 0 unspecified atom stereocenters. The van der Waals surface area contributed by atoms with E-state index in [0.717, 1.165) is 0 Å². The molecule has 0 aromatic rings. The molecule has 0 bridgehead atoms. The first-order chi connectivity index (χ1) is 3.66. The second kappa shape index (κ2) is 3.43. The third-order valence-electron chi connectivity index (χ3n) is 0.880. The van der Waals surface area contributed by atoms with E-state index in [1.165, 1.54) is 0 Å². The van der Waals surface area contributed by atoms with Crippen molar-refractivity contribution >= 4 is 5.84 Å². The molecule has 1 atom stereocenters. The van der Waals surface area contributed by atoms with Crippen LogP contribution in [0.4, 0.5) is 0 Å². The molecular weight excluding hydrogens is 104 g/mol. The summed E-state index contributed by atoms with van der Waals surface area (Å²) in [6, 6.07) is 0. The highest BCUT2D eigenvalue weighted by molar-refractivity contribution is 5.76. The summed E-state index contributed by atoms with van der Waals surface area (Å²) in [5.74, 6) is 0.277. The molecular formula is C5H12N2O. The minimum Gasteiger partial charge on any atom is -0.396 e. The molecule has 48 valence electrons. The van der Waals surface area contributed by atoms with Crippen LogP contribution in [0.2, 0.25) is 0 Å². The van der Waals surface area contributed by atoms with Gasteiger partial charge in [-0.15, -0.1) is 0 Å². The predicted octanol–water partition coefficient (Wildman–Crippen LogP) is -0.0591. The van der Waals surface area contributed by atoms with Crippen molar-refractivity contribution in [2.24, 2.45) is 11.7 Å². The lowest BCUT2D eigenvalue weighted by Gasteiger charge is -2.03. The minimum absolute atomic E-state index is 0.111. The van der Waals surface area contributed by atoms with Crippen LogP contribution < -0.4 is 5.73 Å². The second-order valence-corrected chi connectivity index (χ2v) is 2.02. The summed E-state index contributed by atoms with van der Waals surface area (Å²) in [6.07, 6.45) is 0.497. The quantitative estimate of drug-likeness (QED) is 0.357. The third kappa shape index (κ3) is 3.61. The fraction of sp³-hybridized carbons (Fsp3) is 0.800. The van der Waals surface area contributed by atoms with Crippen LogP contribution >= 0.6 is 0 Å². The molecule has 0 aliphatic rings. The van der Waals surface area contributed by atoms with Crippen molar-refractivity contribution in [2.75, 3.05) is 6.61 Å². The lowest BCUT2D eigenvalue weighted by molar-refractivity contribution is 0.241. The topological polar surface area (TPSA) is 70.1 Å². The monoisotopic (exact) mass is 116 g/mol. The van der Waals surface area contributed by atoms with Gasteiger partial charge in [0.25, 0.3) is 0 Å². The smallest absolute Gasteiger partial charge is 0.0908 e. The second-order valence-electron chi connectivity index (χ2n) is 2.02. The van der Waals surface area contributed by atoms with Crippen LogP contribution in [0.1, 0.15) is 13.3 Å². The van der Waals surface area contributed by atoms with Crippen molar-refractivity contribution in [3.63, 3.8) is 0 Å². The SMILES string of the molecule is C[C@@H](CO)CC(=N)N. The van der Waals surface area contributed by atoms with Gasteiger partial charge in [0.15, 0.2) is 0 Å². The Bertz CT molecular complexity index is 82.5. The molecule has 0 rings (SSSR count). The zero-order valence-corrected chi connectivity index (χ0v) is 5.02. The maximum absolute atomic E-state index is 8.43. The molecule has 3 nitrogen and oxygen atoms in total. The van der Waals surface area contributed by atoms with Crippen LogP contribution in [0.25, 0.3) is 0 Å². The van der Waals surface area contributed by atoms with Crippen LogP contribution in [0.5, 0.6) is 0 Å². The summed E-state index contributed by atoms with van der Waals surface area (Å²) in [5.41, 5.74) is 5.04. The first-order valence-electron chi connectivity index (χ1n) is 2.60. The van der Waals surface area contributed by atoms with E-state index in [2.05, 4.69) is 0 Å². The summed E-state index contributed by atoms with van der Waals surface area (Å²) >= 11 is 0. The number of nitrogens with two attached hydrogens (primary N) is 1. The Labute approximate surface area is 49.0 Å². The maximum Gasteiger partial charge on any atom is 0.0908 e. The molecule has 0 aliphatic heterocycles. The fourth-order valence-corrected chi connectivity index (χ4v) is 0.440. The normalized spacial score (nSPS) is 13.2. The Morgan fingerprint density at radius 3 is 2.50 bits per heavy atom. The number of hydrogen-bond acceptors (Lipinski definition) is 2. The average molecular weight is 116 g/mol. The van der Waals surface area contributed by atoms with Gasteiger partial charge >= 0.3 is 0 Å². The van der Waals surface area contributed by atoms with Crippen molar-refractivity contribution in [3.8, 4) is 0 Å². The Kier molecular flexibility index (Phi) is 3.19. The summed E-state index contributed by atoms with van der Waals surface area (Å²) < 4.78 is 0. The number of amidine groups is 1. The van der Waals surface area contributed by atoms with Crippen molar-refractivity contribution in [1.82, 2.24) is 0 Å². The Hall–Kier alpha value is -0.570. The highest BCUT2D eigenvalue weighted by atomic mass is 16.3. The standard InChI is InChI=1S/C5H12N2O/c1-4(3-8)2-5(6)7/h4,8H,2-3H2,1H3,(H3,6,7)/t4-/m1/s1. The van der Waals surface area contributed by atoms with Crippen molar-refractivity contribution in [1.29, 1.82) is 5.41 Å². The van der Waals surface area contributed by atoms with E-state index < -0.39 is 0 Å². The van der Waals surface area contributed by atoms with Crippen molar-refractivity contribution in [3.05, 3.63) is 0 Å². The van der Waals surface area contributed by atoms with E-state index in [1.807, 2.05) is 6.92 Å². The zero-order valence-electron chi connectivity index (χ0n) is 5.02. The molecule has 0 spiro atoms. The van der Waals surface area contributed by atoms with E-state index in [0.29, 0.717) is 6.42 Å². The van der Waals surface area contributed by atoms with Crippen molar-refractivity contribution < 1.29 is 5.11 Å². The number of nitrogens with one attached hydrogen (secondary N) is 1. The van der Waals surface area contributed by atoms with Gasteiger partial charge in [-0.1, -0.05) is 6.92 Å². The number of aliphatic hydroxyl groups is 1. The molecule has 0 aromatic carbocycles. The van der Waals surface area contributed by atoms with E-state index in [4.69, 9.17) is 16.2 Å². The van der Waals surface area contributed by atoms with E-state index >= 15 is 0 Å². The summed E-state index contributed by atoms with van der Waals surface area (Å²) in [7, 11) is 0. The fourth-order valence-electron chi connectivity index (χ4n) is 0.440. The van der Waals surface area contributed by atoms with Crippen LogP contribution in [-0.4, -0.2) is 17.5 Å². The summed E-state index contributed by atoms with van der Waals surface area (Å²) in [5, 5.41) is 15.2. The molecule has 0 fully saturated rings. The van der Waals surface area contributed by atoms with Gasteiger partial charge < -0.3 is 10.8 Å². The molecule has 4 N–H and O–H groups in total. The van der Waals surface area contributed by atoms with Gasteiger partial charge in [-0.05, 0) is 5.92 Å². The first kappa shape index (κ1) is 7.43. The van der Waals surface area contributed by atoms with Crippen LogP contribution in [0.3, 0.4) is 0 Å². The van der Waals surface area contributed by atoms with Gasteiger partial charge in [0, 0.05) is 13.0 Å². The van der Waals surface area contributed by atoms with Crippen molar-refractivity contribution in [2.45, 2.75) is 13.3 Å². The Balaban J connectivity index is 3.24. The Morgan fingerprint density at radius 1 is 1.88 bits per heavy atom. The molecule has 0 aliphatic carbocycles. The third-order valence-corrected chi connectivity index (χ3v) is 0.880. The largest absolute Gasteiger partial charge is 0.396 e. The van der Waals surface area contributed by atoms with Crippen LogP contribution in [-0.2, 0) is 0 Å². The van der Waals surface area contributed by atoms with Gasteiger partial charge in [-0.3, -0.25) is 5.41 Å². The predicted molar refractivity (Wildman–Crippen MR) is 32.8 cm³/mol. The highest BCUT2D eigenvalue weighted by Crippen LogP contribution is 1.96. The lowest BCUT2D eigenvalue weighted by atomic mass is 10.1. The molecule has 8 heavy (non-hydrogen) atoms. The van der Waals surface area contributed by atoms with Crippen LogP contribution in [0, 0.1) is 11.3 Å². The summed E-state index contributed by atoms with van der Waals surface area (Å²) in [4.78, 5) is 0. The Morgan fingerprint density at radius 2 is 2.38 bits per heavy atom. The number of aliphatic hydroxyl groups excluding tert-OH is 1. The van der Waals surface area contributed by atoms with E-state index in [-0.39, 0.29) is 18.4 Å². The molecule has 0 aromatic heterocycles. The molecule has 0 saturated carbocycles. The van der Waals surface area contributed by atoms with Crippen LogP contribution in [0.15, 0.2) is 0 Å². The van der Waals surface area contributed by atoms with E-state index in [9.17, 15) is 0 Å². The summed E-state index contributed by atoms with van der Waals surface area (Å²) in [6.45, 7) is 1.96. The molecule has 3 heteroatoms. The minimum atomic E-state index is 0.111. The highest BCUT2D eigenvalue weighted by Gasteiger charge is 1.99. The van der Waals surface area contributed by atoms with Gasteiger partial charge in [0.05, 0.1) is 5.84 Å². The number of hydrogen-bond donors (Lipinski definition) is 3.